The molecule has 1 nitrogen and oxygen atoms in total. The summed E-state index contributed by atoms with van der Waals surface area (Å²) in [6, 6.07) is 20.5. The average Bonchev–Trinajstić information content (AvgIpc) is 2.40. The zero-order valence-corrected chi connectivity index (χ0v) is 16.8. The van der Waals surface area contributed by atoms with Gasteiger partial charge >= 0.3 is 0 Å². The Hall–Kier alpha value is -0.695. The molecular formula is C17H19ClOSbSi-. The van der Waals surface area contributed by atoms with Crippen LogP contribution in [0.15, 0.2) is 60.7 Å². The first-order valence-electron chi connectivity index (χ1n) is 6.48. The van der Waals surface area contributed by atoms with E-state index < -0.39 is 8.32 Å². The summed E-state index contributed by atoms with van der Waals surface area (Å²) in [7, 11) is -1.62. The fraction of sp³-hybridized carbons (Fsp3) is 0.176. The Morgan fingerprint density at radius 3 is 1.52 bits per heavy atom. The second-order valence-corrected chi connectivity index (χ2v) is 9.85. The minimum Gasteiger partial charge on any atom is -1.00 e. The van der Waals surface area contributed by atoms with Crippen LogP contribution in [0.25, 0.3) is 5.57 Å². The minimum atomic E-state index is -1.62. The van der Waals surface area contributed by atoms with Gasteiger partial charge in [0.2, 0.25) is 8.32 Å². The molecule has 0 saturated heterocycles. The van der Waals surface area contributed by atoms with Crippen molar-refractivity contribution < 1.29 is 16.8 Å². The van der Waals surface area contributed by atoms with Crippen LogP contribution in [0.5, 0.6) is 0 Å². The first-order valence-corrected chi connectivity index (χ1v) is 9.89. The Morgan fingerprint density at radius 1 is 0.810 bits per heavy atom. The normalized spacial score (nSPS) is 9.86. The number of halogens is 1. The van der Waals surface area contributed by atoms with Crippen LogP contribution in [0.2, 0.25) is 19.6 Å². The van der Waals surface area contributed by atoms with Gasteiger partial charge in [0.1, 0.15) is 0 Å². The van der Waals surface area contributed by atoms with Crippen molar-refractivity contribution >= 4 is 38.3 Å². The van der Waals surface area contributed by atoms with Gasteiger partial charge in [0.25, 0.3) is 0 Å². The van der Waals surface area contributed by atoms with E-state index in [4.69, 9.17) is 4.43 Å². The van der Waals surface area contributed by atoms with E-state index in [0.29, 0.717) is 0 Å². The van der Waals surface area contributed by atoms with Gasteiger partial charge in [0.05, 0.1) is 0 Å². The summed E-state index contributed by atoms with van der Waals surface area (Å²) >= 11 is 0. The molecule has 0 heterocycles. The van der Waals surface area contributed by atoms with E-state index in [1.54, 1.807) is 0 Å². The molecule has 0 aromatic heterocycles. The molecule has 110 valence electrons. The molecule has 0 unspecified atom stereocenters. The molecule has 0 amide bonds. The molecular weight excluding hydrogens is 405 g/mol. The predicted octanol–water partition coefficient (Wildman–Crippen LogP) is 1.35. The predicted molar refractivity (Wildman–Crippen MR) is 88.8 cm³/mol. The van der Waals surface area contributed by atoms with Crippen molar-refractivity contribution in [1.29, 1.82) is 0 Å². The van der Waals surface area contributed by atoms with Crippen molar-refractivity contribution in [2.75, 3.05) is 0 Å². The van der Waals surface area contributed by atoms with E-state index >= 15 is 0 Å². The van der Waals surface area contributed by atoms with E-state index in [1.807, 2.05) is 36.4 Å². The first-order chi connectivity index (χ1) is 9.06. The molecule has 0 bridgehead atoms. The van der Waals surface area contributed by atoms with Crippen molar-refractivity contribution in [2.24, 2.45) is 0 Å². The zero-order chi connectivity index (χ0) is 13.7. The second-order valence-electron chi connectivity index (χ2n) is 5.42. The number of rotatable bonds is 4. The van der Waals surface area contributed by atoms with Crippen molar-refractivity contribution in [3.63, 3.8) is 0 Å². The number of hydrogen-bond donors (Lipinski definition) is 0. The SMILES string of the molecule is C[Si](C)(C)O[C]=C(c1ccccc1)c1ccccc1.[Cl-].[Sb]. The van der Waals surface area contributed by atoms with Crippen molar-refractivity contribution in [3.05, 3.63) is 78.1 Å². The van der Waals surface area contributed by atoms with E-state index in [0.717, 1.165) is 16.7 Å². The van der Waals surface area contributed by atoms with Crippen LogP contribution in [0.4, 0.5) is 0 Å². The van der Waals surface area contributed by atoms with Crippen LogP contribution in [0.1, 0.15) is 11.1 Å². The summed E-state index contributed by atoms with van der Waals surface area (Å²) < 4.78 is 5.85. The summed E-state index contributed by atoms with van der Waals surface area (Å²) in [6.45, 7) is 6.48. The standard InChI is InChI=1S/C17H19OSi.ClH.Sb/c1-19(2,3)18-14-17(15-10-6-4-7-11-15)16-12-8-5-9-13-16;;/h4-13H,1-3H3;1H;/p-1. The number of benzene rings is 2. The van der Waals surface area contributed by atoms with Crippen LogP contribution in [0.3, 0.4) is 0 Å². The molecule has 4 radical (unpaired) electrons. The van der Waals surface area contributed by atoms with Crippen molar-refractivity contribution in [2.45, 2.75) is 19.6 Å². The minimum absolute atomic E-state index is 0. The fourth-order valence-electron chi connectivity index (χ4n) is 1.70. The Morgan fingerprint density at radius 2 is 1.19 bits per heavy atom. The van der Waals surface area contributed by atoms with Gasteiger partial charge in [0.15, 0.2) is 6.26 Å². The van der Waals surface area contributed by atoms with Crippen molar-refractivity contribution in [3.8, 4) is 0 Å². The van der Waals surface area contributed by atoms with Gasteiger partial charge in [-0.15, -0.1) is 0 Å². The molecule has 0 N–H and O–H groups in total. The molecule has 0 fully saturated rings. The smallest absolute Gasteiger partial charge is 0.242 e. The summed E-state index contributed by atoms with van der Waals surface area (Å²) in [4.78, 5) is 0. The Kier molecular flexibility index (Phi) is 9.04. The van der Waals surface area contributed by atoms with Gasteiger partial charge in [-0.05, 0) is 30.8 Å². The van der Waals surface area contributed by atoms with Crippen molar-refractivity contribution in [1.82, 2.24) is 0 Å². The van der Waals surface area contributed by atoms with Crippen LogP contribution in [-0.4, -0.2) is 32.7 Å². The third-order valence-electron chi connectivity index (χ3n) is 2.58. The molecule has 2 aromatic carbocycles. The average molecular weight is 425 g/mol. The van der Waals surface area contributed by atoms with Gasteiger partial charge in [-0.2, -0.15) is 0 Å². The van der Waals surface area contributed by atoms with Crippen LogP contribution >= 0.6 is 0 Å². The molecule has 4 heteroatoms. The Balaban J connectivity index is 0.00000200. The maximum Gasteiger partial charge on any atom is 0.242 e. The third-order valence-corrected chi connectivity index (χ3v) is 3.30. The molecule has 2 aromatic rings. The molecule has 0 aliphatic rings. The third kappa shape index (κ3) is 6.73. The molecule has 2 rings (SSSR count). The topological polar surface area (TPSA) is 9.23 Å². The summed E-state index contributed by atoms with van der Waals surface area (Å²) in [5, 5.41) is 0. The molecule has 0 saturated carbocycles. The largest absolute Gasteiger partial charge is 1.00 e. The molecule has 0 spiro atoms. The Labute approximate surface area is 152 Å². The van der Waals surface area contributed by atoms with Gasteiger partial charge in [-0.3, -0.25) is 0 Å². The molecule has 0 aliphatic carbocycles. The summed E-state index contributed by atoms with van der Waals surface area (Å²) in [5.41, 5.74) is 3.28. The maximum absolute atomic E-state index is 5.85. The first kappa shape index (κ1) is 20.3. The van der Waals surface area contributed by atoms with Crippen LogP contribution in [0, 0.1) is 6.26 Å². The maximum atomic E-state index is 5.85. The summed E-state index contributed by atoms with van der Waals surface area (Å²) in [5.74, 6) is 0. The van der Waals surface area contributed by atoms with Gasteiger partial charge < -0.3 is 16.8 Å². The van der Waals surface area contributed by atoms with E-state index in [2.05, 4.69) is 50.2 Å². The molecule has 0 atom stereocenters. The fourth-order valence-corrected chi connectivity index (χ4v) is 2.11. The number of hydrogen-bond acceptors (Lipinski definition) is 1. The van der Waals surface area contributed by atoms with Crippen LogP contribution in [-0.2, 0) is 4.43 Å². The van der Waals surface area contributed by atoms with Gasteiger partial charge in [0, 0.05) is 30.0 Å². The zero-order valence-electron chi connectivity index (χ0n) is 12.5. The monoisotopic (exact) mass is 423 g/mol. The molecule has 21 heavy (non-hydrogen) atoms. The van der Waals surface area contributed by atoms with E-state index in [1.165, 1.54) is 0 Å². The quantitative estimate of drug-likeness (QED) is 0.532. The van der Waals surface area contributed by atoms with E-state index in [9.17, 15) is 0 Å². The van der Waals surface area contributed by atoms with Crippen LogP contribution < -0.4 is 12.4 Å². The van der Waals surface area contributed by atoms with Gasteiger partial charge in [-0.1, -0.05) is 60.7 Å². The van der Waals surface area contributed by atoms with Gasteiger partial charge in [-0.25, -0.2) is 0 Å². The Bertz CT molecular complexity index is 509. The van der Waals surface area contributed by atoms with E-state index in [-0.39, 0.29) is 36.8 Å². The molecule has 0 aliphatic heterocycles. The summed E-state index contributed by atoms with van der Waals surface area (Å²) in [6.07, 6.45) is 3.17. The second kappa shape index (κ2) is 9.35.